The van der Waals surface area contributed by atoms with E-state index in [1.807, 2.05) is 6.07 Å². The van der Waals surface area contributed by atoms with Crippen molar-refractivity contribution in [2.75, 3.05) is 23.8 Å². The van der Waals surface area contributed by atoms with Gasteiger partial charge in [0.1, 0.15) is 42.7 Å². The van der Waals surface area contributed by atoms with Crippen LogP contribution in [-0.4, -0.2) is 66.7 Å². The minimum absolute atomic E-state index is 0. The van der Waals surface area contributed by atoms with E-state index in [-0.39, 0.29) is 53.2 Å². The van der Waals surface area contributed by atoms with Gasteiger partial charge in [0.2, 0.25) is 0 Å². The SMILES string of the molecule is Cl.N[C@H]1CCOc2c(C(=O)Nc3ccc(F)c(Cl)c3)cccc21.O=C(N[C@H]1CCOc2c(C(=O)Nc3ccc(F)c(Cl)c3)cccc21)OCc1cnccn1.O=C(OCc1cnccn1)n1ccnc1. The van der Waals surface area contributed by atoms with Gasteiger partial charge in [-0.1, -0.05) is 47.5 Å². The summed E-state index contributed by atoms with van der Waals surface area (Å²) in [5.74, 6) is -1.05. The van der Waals surface area contributed by atoms with Gasteiger partial charge < -0.3 is 40.6 Å². The summed E-state index contributed by atoms with van der Waals surface area (Å²) in [6.07, 6.45) is 13.7. The van der Waals surface area contributed by atoms with E-state index in [1.54, 1.807) is 48.9 Å². The molecular weight excluding hydrogens is 977 g/mol. The number of aromatic nitrogens is 6. The van der Waals surface area contributed by atoms with E-state index in [0.29, 0.717) is 71.4 Å². The molecular formula is C47H41Cl3F2N10O8. The Kier molecular flexibility index (Phi) is 18.4. The van der Waals surface area contributed by atoms with E-state index in [0.717, 1.165) is 5.56 Å². The summed E-state index contributed by atoms with van der Waals surface area (Å²) in [4.78, 5) is 68.4. The van der Waals surface area contributed by atoms with E-state index in [1.165, 1.54) is 78.3 Å². The van der Waals surface area contributed by atoms with Crippen molar-refractivity contribution in [1.29, 1.82) is 0 Å². The number of alkyl carbamates (subject to hydrolysis) is 1. The normalized spacial score (nSPS) is 14.0. The molecule has 0 saturated heterocycles. The fourth-order valence-electron chi connectivity index (χ4n) is 6.64. The Hall–Kier alpha value is -7.78. The number of nitrogens with one attached hydrogen (secondary N) is 3. The summed E-state index contributed by atoms with van der Waals surface area (Å²) < 4.78 is 49.3. The molecule has 3 aromatic heterocycles. The summed E-state index contributed by atoms with van der Waals surface area (Å²) in [6.45, 7) is 0.860. The third-order valence-corrected chi connectivity index (χ3v) is 10.6. The Morgan fingerprint density at radius 2 is 1.24 bits per heavy atom. The lowest BCUT2D eigenvalue weighted by atomic mass is 9.97. The van der Waals surface area contributed by atoms with Crippen LogP contribution in [0.1, 0.15) is 68.2 Å². The van der Waals surface area contributed by atoms with Crippen molar-refractivity contribution < 1.29 is 46.9 Å². The highest BCUT2D eigenvalue weighted by molar-refractivity contribution is 6.31. The predicted molar refractivity (Wildman–Crippen MR) is 254 cm³/mol. The summed E-state index contributed by atoms with van der Waals surface area (Å²) >= 11 is 11.5. The molecule has 9 rings (SSSR count). The molecule has 7 aromatic rings. The molecule has 70 heavy (non-hydrogen) atoms. The number of imidazole rings is 1. The lowest BCUT2D eigenvalue weighted by Gasteiger charge is -2.27. The number of carbonyl (C=O) groups is 4. The Balaban J connectivity index is 0.000000183. The number of amides is 3. The molecule has 0 saturated carbocycles. The Labute approximate surface area is 414 Å². The fraction of sp³-hybridized carbons (Fsp3) is 0.170. The first kappa shape index (κ1) is 51.6. The van der Waals surface area contributed by atoms with Crippen molar-refractivity contribution in [3.63, 3.8) is 0 Å². The number of ether oxygens (including phenoxy) is 4. The number of carbonyl (C=O) groups excluding carboxylic acids is 4. The number of rotatable bonds is 9. The second-order valence-corrected chi connectivity index (χ2v) is 15.5. The second-order valence-electron chi connectivity index (χ2n) is 14.7. The van der Waals surface area contributed by atoms with Gasteiger partial charge in [0.05, 0.1) is 64.2 Å². The zero-order valence-electron chi connectivity index (χ0n) is 36.5. The highest BCUT2D eigenvalue weighted by Crippen LogP contribution is 2.36. The van der Waals surface area contributed by atoms with Crippen LogP contribution in [0.15, 0.2) is 129 Å². The second kappa shape index (κ2) is 25.0. The van der Waals surface area contributed by atoms with Crippen LogP contribution in [0, 0.1) is 11.6 Å². The minimum Gasteiger partial charge on any atom is -0.492 e. The van der Waals surface area contributed by atoms with Crippen LogP contribution in [0.5, 0.6) is 11.5 Å². The molecule has 3 amide bonds. The van der Waals surface area contributed by atoms with Crippen LogP contribution in [-0.2, 0) is 22.7 Å². The number of nitrogens with two attached hydrogens (primary N) is 1. The predicted octanol–water partition coefficient (Wildman–Crippen LogP) is 9.06. The smallest absolute Gasteiger partial charge is 0.419 e. The Morgan fingerprint density at radius 1 is 0.700 bits per heavy atom. The van der Waals surface area contributed by atoms with Crippen molar-refractivity contribution in [3.05, 3.63) is 184 Å². The Bertz CT molecular complexity index is 2910. The van der Waals surface area contributed by atoms with Gasteiger partial charge >= 0.3 is 12.2 Å². The van der Waals surface area contributed by atoms with Crippen LogP contribution >= 0.6 is 35.6 Å². The van der Waals surface area contributed by atoms with Gasteiger partial charge in [-0.05, 0) is 48.5 Å². The quantitative estimate of drug-likeness (QED) is 0.106. The maximum atomic E-state index is 13.4. The van der Waals surface area contributed by atoms with Crippen LogP contribution in [0.4, 0.5) is 29.7 Å². The molecule has 5 heterocycles. The Morgan fingerprint density at radius 3 is 1.77 bits per heavy atom. The highest BCUT2D eigenvalue weighted by atomic mass is 35.5. The summed E-state index contributed by atoms with van der Waals surface area (Å²) in [5, 5.41) is 8.00. The van der Waals surface area contributed by atoms with Crippen LogP contribution in [0.3, 0.4) is 0 Å². The number of hydrogen-bond donors (Lipinski definition) is 4. The molecule has 2 atom stereocenters. The van der Waals surface area contributed by atoms with Crippen molar-refractivity contribution in [3.8, 4) is 11.5 Å². The molecule has 0 radical (unpaired) electrons. The molecule has 362 valence electrons. The topological polar surface area (TPSA) is 237 Å². The number of fused-ring (bicyclic) bond motifs is 2. The lowest BCUT2D eigenvalue weighted by molar-refractivity contribution is 0.101. The van der Waals surface area contributed by atoms with Gasteiger partial charge in [-0.25, -0.2) is 27.9 Å². The maximum Gasteiger partial charge on any atom is 0.419 e. The number of halogens is 5. The van der Waals surface area contributed by atoms with Crippen LogP contribution in [0.2, 0.25) is 10.0 Å². The minimum atomic E-state index is -0.621. The van der Waals surface area contributed by atoms with Crippen molar-refractivity contribution in [2.24, 2.45) is 5.73 Å². The number of hydrogen-bond acceptors (Lipinski definition) is 14. The molecule has 0 spiro atoms. The average molecular weight is 1020 g/mol. The van der Waals surface area contributed by atoms with Crippen LogP contribution < -0.4 is 31.2 Å². The average Bonchev–Trinajstić information content (AvgIpc) is 3.92. The molecule has 18 nitrogen and oxygen atoms in total. The van der Waals surface area contributed by atoms with Crippen molar-refractivity contribution in [2.45, 2.75) is 38.1 Å². The molecule has 0 fully saturated rings. The van der Waals surface area contributed by atoms with Gasteiger partial charge in [0.15, 0.2) is 0 Å². The molecule has 2 aliphatic heterocycles. The molecule has 5 N–H and O–H groups in total. The van der Waals surface area contributed by atoms with Crippen LogP contribution in [0.25, 0.3) is 0 Å². The number of anilines is 2. The maximum absolute atomic E-state index is 13.4. The van der Waals surface area contributed by atoms with Gasteiger partial charge in [0.25, 0.3) is 11.8 Å². The molecule has 2 aliphatic rings. The van der Waals surface area contributed by atoms with E-state index in [2.05, 4.69) is 40.9 Å². The lowest BCUT2D eigenvalue weighted by Crippen LogP contribution is -2.33. The third-order valence-electron chi connectivity index (χ3n) is 9.97. The van der Waals surface area contributed by atoms with E-state index < -0.39 is 35.8 Å². The van der Waals surface area contributed by atoms with Crippen molar-refractivity contribution in [1.82, 2.24) is 34.8 Å². The van der Waals surface area contributed by atoms with Crippen molar-refractivity contribution >= 4 is 71.0 Å². The first-order chi connectivity index (χ1) is 33.4. The molecule has 0 unspecified atom stereocenters. The van der Waals surface area contributed by atoms with Gasteiger partial charge in [-0.15, -0.1) is 12.4 Å². The summed E-state index contributed by atoms with van der Waals surface area (Å²) in [7, 11) is 0. The molecule has 0 bridgehead atoms. The van der Waals surface area contributed by atoms with Gasteiger partial charge in [0, 0.05) is 78.6 Å². The third kappa shape index (κ3) is 13.9. The largest absolute Gasteiger partial charge is 0.492 e. The number of nitrogens with zero attached hydrogens (tertiary/aromatic N) is 6. The number of benzene rings is 4. The first-order valence-electron chi connectivity index (χ1n) is 20.8. The fourth-order valence-corrected chi connectivity index (χ4v) is 7.00. The van der Waals surface area contributed by atoms with E-state index >= 15 is 0 Å². The monoisotopic (exact) mass is 1020 g/mol. The van der Waals surface area contributed by atoms with E-state index in [4.69, 9.17) is 47.9 Å². The molecule has 4 aromatic carbocycles. The molecule has 23 heteroatoms. The summed E-state index contributed by atoms with van der Waals surface area (Å²) in [6, 6.07) is 17.7. The van der Waals surface area contributed by atoms with Gasteiger partial charge in [-0.2, -0.15) is 0 Å². The molecule has 0 aliphatic carbocycles. The summed E-state index contributed by atoms with van der Waals surface area (Å²) in [5.41, 5.74) is 10.1. The highest BCUT2D eigenvalue weighted by Gasteiger charge is 2.28. The zero-order valence-corrected chi connectivity index (χ0v) is 38.8. The zero-order chi connectivity index (χ0) is 48.7. The van der Waals surface area contributed by atoms with E-state index in [9.17, 15) is 28.0 Å². The van der Waals surface area contributed by atoms with Gasteiger partial charge in [-0.3, -0.25) is 29.5 Å². The first-order valence-corrected chi connectivity index (χ1v) is 21.6. The standard InChI is InChI=1S/C22H18ClFN4O4.C16H14ClFN2O2.C9H8N4O2.ClH/c23-17-10-13(4-5-18(17)24)27-21(29)16-3-1-2-15-19(6-9-31-20(15)16)28-22(30)32-12-14-11-25-7-8-26-14;17-12-8-9(4-5-13(12)18)20-16(21)11-3-1-2-10-14(19)6-7-22-15(10)11;14-9(13-4-3-11-7-13)15-6-8-5-10-1-2-12-8;/h1-5,7-8,10-11,19H,6,9,12H2,(H,27,29)(H,28,30);1-5,8,14H,6-7,19H2,(H,20,21);1-5,7H,6H2;1H/t19-;14-;;/m00../s1. The number of para-hydroxylation sites is 2.